The first-order chi connectivity index (χ1) is 14.1. The summed E-state index contributed by atoms with van der Waals surface area (Å²) in [5, 5.41) is 11.0. The zero-order chi connectivity index (χ0) is 20.2. The molecule has 2 aromatic rings. The van der Waals surface area contributed by atoms with Crippen LogP contribution >= 0.6 is 0 Å². The minimum Gasteiger partial charge on any atom is -0.354 e. The van der Waals surface area contributed by atoms with Crippen molar-refractivity contribution in [1.29, 1.82) is 0 Å². The average Bonchev–Trinajstić information content (AvgIpc) is 2.76. The Morgan fingerprint density at radius 3 is 2.55 bits per heavy atom. The number of anilines is 1. The van der Waals surface area contributed by atoms with Crippen molar-refractivity contribution in [3.8, 4) is 11.3 Å². The number of rotatable bonds is 4. The van der Waals surface area contributed by atoms with Gasteiger partial charge >= 0.3 is 0 Å². The van der Waals surface area contributed by atoms with E-state index < -0.39 is 0 Å². The lowest BCUT2D eigenvalue weighted by Crippen LogP contribution is -2.55. The van der Waals surface area contributed by atoms with Crippen molar-refractivity contribution in [3.63, 3.8) is 0 Å². The first-order valence-corrected chi connectivity index (χ1v) is 10.5. The molecule has 0 aliphatic carbocycles. The second kappa shape index (κ2) is 8.88. The van der Waals surface area contributed by atoms with E-state index in [1.165, 1.54) is 5.56 Å². The topological polar surface area (TPSA) is 64.6 Å². The Hall–Kier alpha value is -2.51. The normalized spacial score (nSPS) is 21.2. The summed E-state index contributed by atoms with van der Waals surface area (Å²) in [6.07, 6.45) is 1.91. The van der Waals surface area contributed by atoms with Gasteiger partial charge in [0, 0.05) is 44.8 Å². The van der Waals surface area contributed by atoms with E-state index in [-0.39, 0.29) is 11.8 Å². The number of nitrogens with one attached hydrogen (secondary N) is 1. The summed E-state index contributed by atoms with van der Waals surface area (Å²) in [5.74, 6) is 0.962. The number of aryl methyl sites for hydroxylation is 1. The molecule has 2 fully saturated rings. The Balaban J connectivity index is 1.38. The van der Waals surface area contributed by atoms with E-state index in [4.69, 9.17) is 0 Å². The molecule has 7 heteroatoms. The molecule has 0 bridgehead atoms. The summed E-state index contributed by atoms with van der Waals surface area (Å²) >= 11 is 0. The van der Waals surface area contributed by atoms with Crippen molar-refractivity contribution in [2.45, 2.75) is 19.8 Å². The maximum Gasteiger partial charge on any atom is 0.239 e. The van der Waals surface area contributed by atoms with Gasteiger partial charge in [0.05, 0.1) is 11.6 Å². The summed E-state index contributed by atoms with van der Waals surface area (Å²) in [6.45, 7) is 7.42. The highest BCUT2D eigenvalue weighted by Gasteiger charge is 2.28. The number of hydrazine groups is 1. The van der Waals surface area contributed by atoms with Crippen LogP contribution in [0.2, 0.25) is 0 Å². The van der Waals surface area contributed by atoms with Crippen LogP contribution in [0.3, 0.4) is 0 Å². The third-order valence-electron chi connectivity index (χ3n) is 5.96. The van der Waals surface area contributed by atoms with Crippen molar-refractivity contribution < 1.29 is 4.79 Å². The second-order valence-corrected chi connectivity index (χ2v) is 8.14. The molecule has 2 aliphatic heterocycles. The molecule has 1 aromatic heterocycles. The van der Waals surface area contributed by atoms with Crippen LogP contribution in [0.15, 0.2) is 36.4 Å². The maximum atomic E-state index is 12.8. The molecule has 2 aliphatic rings. The Morgan fingerprint density at radius 1 is 1.03 bits per heavy atom. The number of carbonyl (C=O) groups excluding carboxylic acids is 1. The highest BCUT2D eigenvalue weighted by Crippen LogP contribution is 2.25. The highest BCUT2D eigenvalue weighted by molar-refractivity contribution is 5.79. The molecule has 0 radical (unpaired) electrons. The van der Waals surface area contributed by atoms with Gasteiger partial charge in [0.2, 0.25) is 5.91 Å². The van der Waals surface area contributed by atoms with E-state index in [0.717, 1.165) is 62.6 Å². The lowest BCUT2D eigenvalue weighted by Gasteiger charge is -2.36. The van der Waals surface area contributed by atoms with E-state index in [1.54, 1.807) is 0 Å². The van der Waals surface area contributed by atoms with Gasteiger partial charge in [0.25, 0.3) is 0 Å². The third-order valence-corrected chi connectivity index (χ3v) is 5.96. The van der Waals surface area contributed by atoms with Crippen LogP contribution in [0.25, 0.3) is 11.3 Å². The lowest BCUT2D eigenvalue weighted by molar-refractivity contribution is -0.131. The fourth-order valence-corrected chi connectivity index (χ4v) is 4.06. The number of piperidine rings is 1. The minimum atomic E-state index is -0.0127. The Labute approximate surface area is 172 Å². The summed E-state index contributed by atoms with van der Waals surface area (Å²) in [4.78, 5) is 17.2. The van der Waals surface area contributed by atoms with Gasteiger partial charge in [-0.15, -0.1) is 10.2 Å². The van der Waals surface area contributed by atoms with E-state index in [2.05, 4.69) is 56.5 Å². The lowest BCUT2D eigenvalue weighted by atomic mass is 9.97. The monoisotopic (exact) mass is 394 g/mol. The fraction of sp³-hybridized carbons (Fsp3) is 0.500. The van der Waals surface area contributed by atoms with Gasteiger partial charge in [0.1, 0.15) is 0 Å². The molecule has 7 nitrogen and oxygen atoms in total. The van der Waals surface area contributed by atoms with E-state index in [1.807, 2.05) is 24.3 Å². The predicted octanol–water partition coefficient (Wildman–Crippen LogP) is 1.95. The molecule has 1 N–H and O–H groups in total. The fourth-order valence-electron chi connectivity index (χ4n) is 4.06. The van der Waals surface area contributed by atoms with Crippen LogP contribution in [0.5, 0.6) is 0 Å². The molecule has 1 atom stereocenters. The quantitative estimate of drug-likeness (QED) is 0.855. The van der Waals surface area contributed by atoms with Crippen LogP contribution in [0, 0.1) is 12.8 Å². The Morgan fingerprint density at radius 2 is 1.83 bits per heavy atom. The minimum absolute atomic E-state index is 0.0127. The molecule has 3 heterocycles. The number of piperazine rings is 1. The van der Waals surface area contributed by atoms with Gasteiger partial charge in [-0.1, -0.05) is 24.3 Å². The van der Waals surface area contributed by atoms with Crippen LogP contribution in [0.1, 0.15) is 18.4 Å². The predicted molar refractivity (Wildman–Crippen MR) is 114 cm³/mol. The number of aromatic nitrogens is 2. The van der Waals surface area contributed by atoms with Gasteiger partial charge in [-0.2, -0.15) is 0 Å². The van der Waals surface area contributed by atoms with Crippen molar-refractivity contribution in [2.24, 2.45) is 5.92 Å². The molecule has 2 saturated heterocycles. The smallest absolute Gasteiger partial charge is 0.239 e. The Kier molecular flexibility index (Phi) is 6.06. The van der Waals surface area contributed by atoms with Crippen molar-refractivity contribution >= 4 is 11.7 Å². The van der Waals surface area contributed by atoms with Gasteiger partial charge in [0.15, 0.2) is 5.82 Å². The standard InChI is InChI=1S/C22H30N6O/c1-17-6-3-4-8-19(17)20-9-10-21(24-23-20)27-11-5-7-18(16-27)22(29)25-28-14-12-26(2)13-15-28/h3-4,6,8-10,18H,5,7,11-16H2,1-2H3,(H,25,29). The summed E-state index contributed by atoms with van der Waals surface area (Å²) in [6, 6.07) is 12.2. The summed E-state index contributed by atoms with van der Waals surface area (Å²) < 4.78 is 0. The van der Waals surface area contributed by atoms with Crippen LogP contribution in [0.4, 0.5) is 5.82 Å². The number of carbonyl (C=O) groups is 1. The van der Waals surface area contributed by atoms with Crippen LogP contribution < -0.4 is 10.3 Å². The zero-order valence-electron chi connectivity index (χ0n) is 17.3. The number of likely N-dealkylation sites (N-methyl/N-ethyl adjacent to an activating group) is 1. The SMILES string of the molecule is Cc1ccccc1-c1ccc(N2CCCC(C(=O)NN3CCN(C)CC3)C2)nn1. The molecule has 1 unspecified atom stereocenters. The number of nitrogens with zero attached hydrogens (tertiary/aromatic N) is 5. The summed E-state index contributed by atoms with van der Waals surface area (Å²) in [5.41, 5.74) is 6.30. The maximum absolute atomic E-state index is 12.8. The first kappa shape index (κ1) is 19.8. The zero-order valence-corrected chi connectivity index (χ0v) is 17.3. The summed E-state index contributed by atoms with van der Waals surface area (Å²) in [7, 11) is 2.11. The molecular weight excluding hydrogens is 364 g/mol. The molecule has 1 aromatic carbocycles. The van der Waals surface area contributed by atoms with Gasteiger partial charge in [-0.3, -0.25) is 10.2 Å². The number of hydrogen-bond acceptors (Lipinski definition) is 6. The molecule has 0 spiro atoms. The second-order valence-electron chi connectivity index (χ2n) is 8.14. The Bertz CT molecular complexity index is 831. The first-order valence-electron chi connectivity index (χ1n) is 10.5. The molecule has 1 amide bonds. The molecular formula is C22H30N6O. The van der Waals surface area contributed by atoms with Crippen molar-refractivity contribution in [1.82, 2.24) is 25.5 Å². The van der Waals surface area contributed by atoms with Gasteiger partial charge < -0.3 is 9.80 Å². The number of hydrogen-bond donors (Lipinski definition) is 1. The van der Waals surface area contributed by atoms with Gasteiger partial charge in [-0.05, 0) is 44.5 Å². The van der Waals surface area contributed by atoms with E-state index in [0.29, 0.717) is 6.54 Å². The number of amides is 1. The largest absolute Gasteiger partial charge is 0.354 e. The van der Waals surface area contributed by atoms with Crippen LogP contribution in [-0.4, -0.2) is 72.3 Å². The molecule has 29 heavy (non-hydrogen) atoms. The average molecular weight is 395 g/mol. The molecule has 0 saturated carbocycles. The van der Waals surface area contributed by atoms with Crippen molar-refractivity contribution in [2.75, 3.05) is 51.2 Å². The number of benzene rings is 1. The molecule has 154 valence electrons. The highest BCUT2D eigenvalue weighted by atomic mass is 16.2. The van der Waals surface area contributed by atoms with E-state index in [9.17, 15) is 4.79 Å². The molecule has 4 rings (SSSR count). The van der Waals surface area contributed by atoms with E-state index >= 15 is 0 Å². The van der Waals surface area contributed by atoms with Crippen molar-refractivity contribution in [3.05, 3.63) is 42.0 Å². The third kappa shape index (κ3) is 4.74. The van der Waals surface area contributed by atoms with Crippen LogP contribution in [-0.2, 0) is 4.79 Å². The van der Waals surface area contributed by atoms with Gasteiger partial charge in [-0.25, -0.2) is 5.01 Å².